The molecule has 3 heterocycles. The Morgan fingerprint density at radius 2 is 1.88 bits per heavy atom. The van der Waals surface area contributed by atoms with E-state index in [4.69, 9.17) is 4.74 Å². The van der Waals surface area contributed by atoms with Crippen molar-refractivity contribution in [1.29, 1.82) is 0 Å². The number of aryl methyl sites for hydroxylation is 2. The highest BCUT2D eigenvalue weighted by Crippen LogP contribution is 2.41. The first-order chi connectivity index (χ1) is 16.2. The minimum atomic E-state index is -1.23. The van der Waals surface area contributed by atoms with E-state index in [1.54, 1.807) is 60.9 Å². The molecule has 3 aromatic rings. The number of rotatable bonds is 4. The molecule has 1 fully saturated rings. The highest BCUT2D eigenvalue weighted by atomic mass is 19.1. The smallest absolute Gasteiger partial charge is 0.325 e. The normalized spacial score (nSPS) is 19.2. The molecule has 1 unspecified atom stereocenters. The van der Waals surface area contributed by atoms with Crippen molar-refractivity contribution < 1.29 is 23.5 Å². The number of imide groups is 1. The molecule has 174 valence electrons. The SMILES string of the molecule is Cc1ccc(-n2c(C)cc(C(=O)CN3C(=O)NC4(CCOc5ccccc54)C3=O)c2C)cc1F. The van der Waals surface area contributed by atoms with Crippen LogP contribution in [0.1, 0.15) is 39.3 Å². The van der Waals surface area contributed by atoms with Crippen LogP contribution in [-0.4, -0.2) is 40.3 Å². The third kappa shape index (κ3) is 3.21. The van der Waals surface area contributed by atoms with E-state index >= 15 is 0 Å². The lowest BCUT2D eigenvalue weighted by molar-refractivity contribution is -0.132. The molecule has 3 amide bonds. The minimum absolute atomic E-state index is 0.277. The molecule has 1 saturated heterocycles. The van der Waals surface area contributed by atoms with Gasteiger partial charge < -0.3 is 14.6 Å². The standard InChI is InChI=1S/C26H24FN3O4/c1-15-8-9-18(13-21(15)27)30-16(2)12-19(17(30)3)22(31)14-29-24(32)26(28-25(29)33)10-11-34-23-7-5-4-6-20(23)26/h4-9,12-13H,10-11,14H2,1-3H3,(H,28,33). The Bertz CT molecular complexity index is 1360. The molecule has 1 aromatic heterocycles. The Morgan fingerprint density at radius 1 is 1.12 bits per heavy atom. The molecule has 8 heteroatoms. The van der Waals surface area contributed by atoms with Crippen molar-refractivity contribution >= 4 is 17.7 Å². The molecule has 0 aliphatic carbocycles. The van der Waals surface area contributed by atoms with Gasteiger partial charge in [0.1, 0.15) is 11.6 Å². The number of urea groups is 1. The maximum Gasteiger partial charge on any atom is 0.325 e. The summed E-state index contributed by atoms with van der Waals surface area (Å²) in [5, 5.41) is 2.81. The van der Waals surface area contributed by atoms with E-state index in [9.17, 15) is 18.8 Å². The van der Waals surface area contributed by atoms with Crippen LogP contribution in [-0.2, 0) is 10.3 Å². The van der Waals surface area contributed by atoms with E-state index in [0.717, 1.165) is 10.6 Å². The van der Waals surface area contributed by atoms with Gasteiger partial charge in [0.25, 0.3) is 5.91 Å². The van der Waals surface area contributed by atoms with Crippen LogP contribution in [0.3, 0.4) is 0 Å². The van der Waals surface area contributed by atoms with Crippen LogP contribution in [0.15, 0.2) is 48.5 Å². The van der Waals surface area contributed by atoms with Gasteiger partial charge in [-0.1, -0.05) is 24.3 Å². The molecule has 1 spiro atoms. The molecule has 1 N–H and O–H groups in total. The molecular weight excluding hydrogens is 437 g/mol. The summed E-state index contributed by atoms with van der Waals surface area (Å²) in [5.41, 5.74) is 2.24. The molecule has 2 aliphatic heterocycles. The molecule has 0 radical (unpaired) electrons. The van der Waals surface area contributed by atoms with E-state index in [1.807, 2.05) is 6.92 Å². The van der Waals surface area contributed by atoms with E-state index in [2.05, 4.69) is 5.32 Å². The lowest BCUT2D eigenvalue weighted by Crippen LogP contribution is -2.47. The minimum Gasteiger partial charge on any atom is -0.493 e. The Morgan fingerprint density at radius 3 is 2.65 bits per heavy atom. The molecule has 34 heavy (non-hydrogen) atoms. The van der Waals surface area contributed by atoms with Crippen LogP contribution >= 0.6 is 0 Å². The number of halogens is 1. The fraction of sp³-hybridized carbons (Fsp3) is 0.269. The Hall–Kier alpha value is -3.94. The second-order valence-corrected chi connectivity index (χ2v) is 8.80. The van der Waals surface area contributed by atoms with Gasteiger partial charge in [-0.05, 0) is 50.6 Å². The van der Waals surface area contributed by atoms with Crippen molar-refractivity contribution in [2.45, 2.75) is 32.7 Å². The zero-order valence-corrected chi connectivity index (χ0v) is 19.1. The topological polar surface area (TPSA) is 80.6 Å². The van der Waals surface area contributed by atoms with Gasteiger partial charge in [-0.2, -0.15) is 0 Å². The van der Waals surface area contributed by atoms with Crippen molar-refractivity contribution in [3.05, 3.63) is 82.4 Å². The van der Waals surface area contributed by atoms with Gasteiger partial charge in [0.2, 0.25) is 0 Å². The largest absolute Gasteiger partial charge is 0.493 e. The Balaban J connectivity index is 1.44. The van der Waals surface area contributed by atoms with Gasteiger partial charge in [-0.15, -0.1) is 0 Å². The van der Waals surface area contributed by atoms with Gasteiger partial charge in [0, 0.05) is 34.6 Å². The summed E-state index contributed by atoms with van der Waals surface area (Å²) in [6.07, 6.45) is 0.285. The number of hydrogen-bond acceptors (Lipinski definition) is 4. The number of aromatic nitrogens is 1. The first kappa shape index (κ1) is 21.9. The van der Waals surface area contributed by atoms with Crippen molar-refractivity contribution in [2.75, 3.05) is 13.2 Å². The lowest BCUT2D eigenvalue weighted by Gasteiger charge is -2.33. The summed E-state index contributed by atoms with van der Waals surface area (Å²) < 4.78 is 21.6. The first-order valence-corrected chi connectivity index (χ1v) is 11.1. The number of nitrogens with one attached hydrogen (secondary N) is 1. The van der Waals surface area contributed by atoms with Gasteiger partial charge in [0.15, 0.2) is 11.3 Å². The number of para-hydroxylation sites is 1. The van der Waals surface area contributed by atoms with E-state index < -0.39 is 17.5 Å². The van der Waals surface area contributed by atoms with Crippen molar-refractivity contribution in [2.24, 2.45) is 0 Å². The predicted octanol–water partition coefficient (Wildman–Crippen LogP) is 3.95. The lowest BCUT2D eigenvalue weighted by atomic mass is 9.84. The summed E-state index contributed by atoms with van der Waals surface area (Å²) in [7, 11) is 0. The average Bonchev–Trinajstić information content (AvgIpc) is 3.24. The number of hydrogen-bond donors (Lipinski definition) is 1. The molecule has 1 atom stereocenters. The summed E-state index contributed by atoms with van der Waals surface area (Å²) >= 11 is 0. The zero-order chi connectivity index (χ0) is 24.2. The highest BCUT2D eigenvalue weighted by Gasteiger charge is 2.55. The molecule has 0 bridgehead atoms. The number of carbonyl (C=O) groups is 3. The van der Waals surface area contributed by atoms with E-state index in [1.165, 1.54) is 6.07 Å². The summed E-state index contributed by atoms with van der Waals surface area (Å²) in [6.45, 7) is 5.16. The number of ether oxygens (including phenoxy) is 1. The number of Topliss-reactive ketones (excluding diaryl/α,β-unsaturated/α-hetero) is 1. The molecule has 0 saturated carbocycles. The highest BCUT2D eigenvalue weighted by molar-refractivity contribution is 6.12. The first-order valence-electron chi connectivity index (χ1n) is 11.1. The fourth-order valence-corrected chi connectivity index (χ4v) is 4.91. The Kier molecular flexibility index (Phi) is 5.04. The van der Waals surface area contributed by atoms with Gasteiger partial charge in [-0.25, -0.2) is 9.18 Å². The molecule has 5 rings (SSSR count). The van der Waals surface area contributed by atoms with Crippen LogP contribution in [0.5, 0.6) is 5.75 Å². The van der Waals surface area contributed by atoms with Crippen LogP contribution in [0.4, 0.5) is 9.18 Å². The van der Waals surface area contributed by atoms with E-state index in [0.29, 0.717) is 33.8 Å². The predicted molar refractivity (Wildman–Crippen MR) is 123 cm³/mol. The molecular formula is C26H24FN3O4. The third-order valence-corrected chi connectivity index (χ3v) is 6.70. The quantitative estimate of drug-likeness (QED) is 0.471. The summed E-state index contributed by atoms with van der Waals surface area (Å²) in [6, 6.07) is 13.1. The van der Waals surface area contributed by atoms with Gasteiger partial charge in [0.05, 0.1) is 13.2 Å². The zero-order valence-electron chi connectivity index (χ0n) is 19.1. The van der Waals surface area contributed by atoms with Gasteiger partial charge >= 0.3 is 6.03 Å². The molecule has 7 nitrogen and oxygen atoms in total. The van der Waals surface area contributed by atoms with Gasteiger partial charge in [-0.3, -0.25) is 14.5 Å². The number of nitrogens with zero attached hydrogens (tertiary/aromatic N) is 2. The summed E-state index contributed by atoms with van der Waals surface area (Å²) in [4.78, 5) is 40.5. The number of amides is 3. The fourth-order valence-electron chi connectivity index (χ4n) is 4.91. The average molecular weight is 461 g/mol. The number of fused-ring (bicyclic) bond motifs is 2. The van der Waals surface area contributed by atoms with Crippen LogP contribution in [0.2, 0.25) is 0 Å². The maximum atomic E-state index is 14.2. The monoisotopic (exact) mass is 461 g/mol. The van der Waals surface area contributed by atoms with Crippen LogP contribution < -0.4 is 10.1 Å². The van der Waals surface area contributed by atoms with Crippen LogP contribution in [0, 0.1) is 26.6 Å². The number of benzene rings is 2. The second kappa shape index (κ2) is 7.83. The van der Waals surface area contributed by atoms with Crippen LogP contribution in [0.25, 0.3) is 5.69 Å². The van der Waals surface area contributed by atoms with Crippen molar-refractivity contribution in [3.63, 3.8) is 0 Å². The molecule has 2 aromatic carbocycles. The Labute approximate surface area is 196 Å². The molecule has 2 aliphatic rings. The second-order valence-electron chi connectivity index (χ2n) is 8.80. The third-order valence-electron chi connectivity index (χ3n) is 6.70. The number of ketones is 1. The number of carbonyl (C=O) groups excluding carboxylic acids is 3. The van der Waals surface area contributed by atoms with Crippen molar-refractivity contribution in [1.82, 2.24) is 14.8 Å². The summed E-state index contributed by atoms with van der Waals surface area (Å²) in [5.74, 6) is -0.618. The van der Waals surface area contributed by atoms with Crippen molar-refractivity contribution in [3.8, 4) is 11.4 Å². The van der Waals surface area contributed by atoms with E-state index in [-0.39, 0.29) is 31.2 Å². The maximum absolute atomic E-state index is 14.2.